The number of aromatic nitrogens is 1. The summed E-state index contributed by atoms with van der Waals surface area (Å²) in [5, 5.41) is 13.3. The van der Waals surface area contributed by atoms with Gasteiger partial charge in [0.25, 0.3) is 5.91 Å². The fraction of sp³-hybridized carbons (Fsp3) is 0.179. The quantitative estimate of drug-likeness (QED) is 0.512. The maximum absolute atomic E-state index is 13.1. The molecule has 0 spiro atoms. The van der Waals surface area contributed by atoms with Crippen molar-refractivity contribution in [2.24, 2.45) is 11.8 Å². The van der Waals surface area contributed by atoms with Crippen LogP contribution in [0.2, 0.25) is 0 Å². The van der Waals surface area contributed by atoms with Crippen molar-refractivity contribution in [1.82, 2.24) is 10.4 Å². The lowest BCUT2D eigenvalue weighted by Crippen LogP contribution is -2.59. The van der Waals surface area contributed by atoms with Crippen LogP contribution in [-0.2, 0) is 9.59 Å². The molecule has 1 aromatic heterocycles. The Hall–Kier alpha value is -4.97. The average molecular weight is 494 g/mol. The van der Waals surface area contributed by atoms with E-state index in [4.69, 9.17) is 4.74 Å². The Bertz CT molecular complexity index is 1480. The zero-order valence-electron chi connectivity index (χ0n) is 20.0. The summed E-state index contributed by atoms with van der Waals surface area (Å²) in [4.78, 5) is 42.8. The minimum absolute atomic E-state index is 0.189. The van der Waals surface area contributed by atoms with Gasteiger partial charge < -0.3 is 10.1 Å². The third-order valence-electron chi connectivity index (χ3n) is 6.45. The van der Waals surface area contributed by atoms with Crippen LogP contribution in [-0.4, -0.2) is 22.7 Å². The number of carbonyl (C=O) groups excluding carboxylic acids is 3. The van der Waals surface area contributed by atoms with Crippen LogP contribution in [0, 0.1) is 30.1 Å². The van der Waals surface area contributed by atoms with E-state index in [1.54, 1.807) is 60.8 Å². The second-order valence-electron chi connectivity index (χ2n) is 8.86. The molecule has 184 valence electrons. The number of nitriles is 1. The van der Waals surface area contributed by atoms with Gasteiger partial charge in [0.05, 0.1) is 17.5 Å². The number of benzene rings is 2. The molecule has 0 unspecified atom stereocenters. The highest BCUT2D eigenvalue weighted by Gasteiger charge is 2.42. The SMILES string of the molecule is Cc1cc(Oc2ncccc2C#N)ccc1NC(=O)c1cccc(N2NC(=O)[C@H]3CC=CC[C@@H]3C2=O)c1. The maximum Gasteiger partial charge on any atom is 0.255 e. The molecule has 2 atom stereocenters. The largest absolute Gasteiger partial charge is 0.438 e. The number of rotatable bonds is 5. The van der Waals surface area contributed by atoms with Crippen LogP contribution in [0.1, 0.15) is 34.3 Å². The minimum atomic E-state index is -0.407. The molecule has 3 aromatic rings. The van der Waals surface area contributed by atoms with Crippen molar-refractivity contribution in [3.05, 3.63) is 89.6 Å². The number of amides is 3. The van der Waals surface area contributed by atoms with E-state index in [2.05, 4.69) is 15.7 Å². The molecule has 1 saturated heterocycles. The molecule has 5 rings (SSSR count). The molecule has 9 heteroatoms. The standard InChI is InChI=1S/C28H23N5O4/c1-17-14-21(37-27-19(16-29)7-5-13-30-27)11-12-24(17)31-25(34)18-6-4-8-20(15-18)33-28(36)23-10-3-2-9-22(23)26(35)32-33/h2-8,11-15,22-23H,9-10H2,1H3,(H,31,34)(H,32,35)/t22-,23-/m0/s1. The third kappa shape index (κ3) is 4.77. The topological polar surface area (TPSA) is 124 Å². The zero-order chi connectivity index (χ0) is 25.9. The molecule has 37 heavy (non-hydrogen) atoms. The van der Waals surface area contributed by atoms with Gasteiger partial charge in [-0.05, 0) is 73.9 Å². The van der Waals surface area contributed by atoms with E-state index in [0.29, 0.717) is 41.1 Å². The van der Waals surface area contributed by atoms with Crippen molar-refractivity contribution in [2.45, 2.75) is 19.8 Å². The zero-order valence-corrected chi connectivity index (χ0v) is 20.0. The summed E-state index contributed by atoms with van der Waals surface area (Å²) in [6, 6.07) is 17.0. The Labute approximate surface area is 213 Å². The van der Waals surface area contributed by atoms with E-state index in [9.17, 15) is 19.6 Å². The predicted molar refractivity (Wildman–Crippen MR) is 136 cm³/mol. The first-order valence-electron chi connectivity index (χ1n) is 11.8. The molecule has 0 radical (unpaired) electrons. The van der Waals surface area contributed by atoms with Crippen molar-refractivity contribution in [1.29, 1.82) is 5.26 Å². The van der Waals surface area contributed by atoms with Gasteiger partial charge in [-0.2, -0.15) is 5.26 Å². The Morgan fingerprint density at radius 1 is 1.11 bits per heavy atom. The average Bonchev–Trinajstić information content (AvgIpc) is 2.92. The highest BCUT2D eigenvalue weighted by molar-refractivity contribution is 6.07. The van der Waals surface area contributed by atoms with Gasteiger partial charge in [0, 0.05) is 17.4 Å². The van der Waals surface area contributed by atoms with Crippen molar-refractivity contribution in [2.75, 3.05) is 10.3 Å². The molecular weight excluding hydrogens is 470 g/mol. The lowest BCUT2D eigenvalue weighted by molar-refractivity contribution is -0.139. The van der Waals surface area contributed by atoms with Crippen LogP contribution >= 0.6 is 0 Å². The number of fused-ring (bicyclic) bond motifs is 1. The van der Waals surface area contributed by atoms with E-state index in [1.807, 2.05) is 25.1 Å². The van der Waals surface area contributed by atoms with Gasteiger partial charge in [-0.3, -0.25) is 19.8 Å². The van der Waals surface area contributed by atoms with Crippen LogP contribution in [0.4, 0.5) is 11.4 Å². The van der Waals surface area contributed by atoms with E-state index < -0.39 is 5.92 Å². The summed E-state index contributed by atoms with van der Waals surface area (Å²) < 4.78 is 5.74. The summed E-state index contributed by atoms with van der Waals surface area (Å²) in [7, 11) is 0. The number of hydrazine groups is 1. The fourth-order valence-electron chi connectivity index (χ4n) is 4.47. The summed E-state index contributed by atoms with van der Waals surface area (Å²) >= 11 is 0. The summed E-state index contributed by atoms with van der Waals surface area (Å²) in [6.45, 7) is 1.82. The number of allylic oxidation sites excluding steroid dienone is 2. The number of hydrogen-bond acceptors (Lipinski definition) is 6. The lowest BCUT2D eigenvalue weighted by atomic mass is 9.80. The van der Waals surface area contributed by atoms with Gasteiger partial charge in [0.2, 0.25) is 17.7 Å². The third-order valence-corrected chi connectivity index (χ3v) is 6.45. The Morgan fingerprint density at radius 2 is 1.92 bits per heavy atom. The highest BCUT2D eigenvalue weighted by Crippen LogP contribution is 2.33. The molecule has 2 aliphatic rings. The van der Waals surface area contributed by atoms with Crippen molar-refractivity contribution in [3.8, 4) is 17.7 Å². The first-order chi connectivity index (χ1) is 17.9. The van der Waals surface area contributed by atoms with Gasteiger partial charge in [-0.1, -0.05) is 18.2 Å². The second kappa shape index (κ2) is 9.95. The molecule has 2 N–H and O–H groups in total. The Balaban J connectivity index is 1.31. The van der Waals surface area contributed by atoms with E-state index in [0.717, 1.165) is 5.56 Å². The first-order valence-corrected chi connectivity index (χ1v) is 11.8. The van der Waals surface area contributed by atoms with E-state index >= 15 is 0 Å². The van der Waals surface area contributed by atoms with Crippen LogP contribution in [0.25, 0.3) is 0 Å². The molecular formula is C28H23N5O4. The lowest BCUT2D eigenvalue weighted by Gasteiger charge is -2.38. The Morgan fingerprint density at radius 3 is 2.70 bits per heavy atom. The molecule has 1 aliphatic heterocycles. The first kappa shape index (κ1) is 23.8. The van der Waals surface area contributed by atoms with Crippen molar-refractivity contribution < 1.29 is 19.1 Å². The van der Waals surface area contributed by atoms with Gasteiger partial charge in [-0.25, -0.2) is 9.99 Å². The van der Waals surface area contributed by atoms with E-state index in [-0.39, 0.29) is 29.5 Å². The fourth-order valence-corrected chi connectivity index (χ4v) is 4.47. The molecule has 0 bridgehead atoms. The Kier molecular flexibility index (Phi) is 6.39. The van der Waals surface area contributed by atoms with Crippen LogP contribution in [0.5, 0.6) is 11.6 Å². The number of hydrogen-bond donors (Lipinski definition) is 2. The molecule has 1 fully saturated rings. The number of pyridine rings is 1. The minimum Gasteiger partial charge on any atom is -0.438 e. The molecule has 2 aromatic carbocycles. The summed E-state index contributed by atoms with van der Waals surface area (Å²) in [5.41, 5.74) is 5.06. The summed E-state index contributed by atoms with van der Waals surface area (Å²) in [5.74, 6) is -0.853. The van der Waals surface area contributed by atoms with Gasteiger partial charge in [0.15, 0.2) is 0 Å². The number of ether oxygens (including phenoxy) is 1. The maximum atomic E-state index is 13.1. The van der Waals surface area contributed by atoms with Crippen molar-refractivity contribution >= 4 is 29.1 Å². The molecule has 1 aliphatic carbocycles. The van der Waals surface area contributed by atoms with Gasteiger partial charge in [0.1, 0.15) is 17.4 Å². The van der Waals surface area contributed by atoms with Crippen LogP contribution < -0.4 is 20.5 Å². The monoisotopic (exact) mass is 493 g/mol. The number of carbonyl (C=O) groups is 3. The van der Waals surface area contributed by atoms with Crippen molar-refractivity contribution in [3.63, 3.8) is 0 Å². The van der Waals surface area contributed by atoms with Gasteiger partial charge in [-0.15, -0.1) is 0 Å². The second-order valence-corrected chi connectivity index (χ2v) is 8.86. The number of nitrogens with zero attached hydrogens (tertiary/aromatic N) is 3. The number of anilines is 2. The van der Waals surface area contributed by atoms with E-state index in [1.165, 1.54) is 5.01 Å². The number of nitrogens with one attached hydrogen (secondary N) is 2. The highest BCUT2D eigenvalue weighted by atomic mass is 16.5. The van der Waals surface area contributed by atoms with Crippen LogP contribution in [0.3, 0.4) is 0 Å². The summed E-state index contributed by atoms with van der Waals surface area (Å²) in [6.07, 6.45) is 6.46. The molecule has 9 nitrogen and oxygen atoms in total. The molecule has 0 saturated carbocycles. The van der Waals surface area contributed by atoms with Crippen LogP contribution in [0.15, 0.2) is 72.9 Å². The number of aryl methyl sites for hydroxylation is 1. The normalized spacial score (nSPS) is 18.4. The smallest absolute Gasteiger partial charge is 0.255 e. The molecule has 2 heterocycles. The predicted octanol–water partition coefficient (Wildman–Crippen LogP) is 4.27. The molecule has 3 amide bonds. The van der Waals surface area contributed by atoms with Gasteiger partial charge >= 0.3 is 0 Å².